The zero-order valence-electron chi connectivity index (χ0n) is 12.3. The van der Waals surface area contributed by atoms with Crippen LogP contribution < -0.4 is 15.8 Å². The van der Waals surface area contributed by atoms with E-state index in [1.807, 2.05) is 0 Å². The topological polar surface area (TPSA) is 96.9 Å². The molecule has 1 saturated carbocycles. The van der Waals surface area contributed by atoms with Crippen molar-refractivity contribution in [3.05, 3.63) is 16.3 Å². The molecule has 0 saturated heterocycles. The molecule has 4 N–H and O–H groups in total. The first-order valence-corrected chi connectivity index (χ1v) is 7.82. The number of carbonyl (C=O) groups excluding carboxylic acids is 1. The van der Waals surface area contributed by atoms with Crippen molar-refractivity contribution in [3.63, 3.8) is 0 Å². The van der Waals surface area contributed by atoms with E-state index in [-0.39, 0.29) is 11.7 Å². The highest BCUT2D eigenvalue weighted by Crippen LogP contribution is 2.33. The predicted octanol–water partition coefficient (Wildman–Crippen LogP) is 2.18. The number of carbonyl (C=O) groups is 1. The number of hydrogen-bond acceptors (Lipinski definition) is 5. The summed E-state index contributed by atoms with van der Waals surface area (Å²) in [7, 11) is 1.56. The Kier molecular flexibility index (Phi) is 4.72. The zero-order valence-corrected chi connectivity index (χ0v) is 13.1. The van der Waals surface area contributed by atoms with Crippen LogP contribution in [-0.2, 0) is 0 Å². The van der Waals surface area contributed by atoms with Crippen LogP contribution in [0.25, 0.3) is 0 Å². The normalized spacial score (nSPS) is 26.4. The maximum absolute atomic E-state index is 12.4. The van der Waals surface area contributed by atoms with E-state index in [0.29, 0.717) is 29.4 Å². The van der Waals surface area contributed by atoms with Crippen molar-refractivity contribution >= 4 is 23.1 Å². The molecular weight excluding hydrogens is 290 g/mol. The molecule has 1 fully saturated rings. The number of oxime groups is 1. The van der Waals surface area contributed by atoms with E-state index in [1.54, 1.807) is 18.6 Å². The molecule has 21 heavy (non-hydrogen) atoms. The molecule has 6 nitrogen and oxygen atoms in total. The lowest BCUT2D eigenvalue weighted by molar-refractivity contribution is 0.0901. The molecule has 0 atom stereocenters. The number of ether oxygens (including phenoxy) is 1. The summed E-state index contributed by atoms with van der Waals surface area (Å²) in [5.74, 6) is 1.10. The first kappa shape index (κ1) is 15.6. The molecule has 0 unspecified atom stereocenters. The van der Waals surface area contributed by atoms with Crippen molar-refractivity contribution in [2.24, 2.45) is 16.8 Å². The maximum Gasteiger partial charge on any atom is 0.262 e. The van der Waals surface area contributed by atoms with Crippen molar-refractivity contribution in [3.8, 4) is 5.75 Å². The lowest BCUT2D eigenvalue weighted by atomic mass is 9.76. The molecule has 1 aromatic heterocycles. The van der Waals surface area contributed by atoms with Gasteiger partial charge >= 0.3 is 0 Å². The molecule has 0 radical (unpaired) electrons. The fourth-order valence-corrected chi connectivity index (χ4v) is 3.37. The molecule has 1 aliphatic carbocycles. The van der Waals surface area contributed by atoms with E-state index >= 15 is 0 Å². The second kappa shape index (κ2) is 6.34. The van der Waals surface area contributed by atoms with Gasteiger partial charge in [-0.05, 0) is 31.6 Å². The highest BCUT2D eigenvalue weighted by atomic mass is 32.1. The number of methoxy groups -OCH3 is 1. The van der Waals surface area contributed by atoms with Gasteiger partial charge in [0.05, 0.1) is 12.0 Å². The first-order valence-electron chi connectivity index (χ1n) is 6.94. The van der Waals surface area contributed by atoms with Gasteiger partial charge < -0.3 is 21.0 Å². The van der Waals surface area contributed by atoms with Crippen LogP contribution in [0.2, 0.25) is 0 Å². The summed E-state index contributed by atoms with van der Waals surface area (Å²) in [5.41, 5.74) is 5.10. The fourth-order valence-electron chi connectivity index (χ4n) is 2.62. The van der Waals surface area contributed by atoms with E-state index in [4.69, 9.17) is 15.7 Å². The van der Waals surface area contributed by atoms with Gasteiger partial charge in [-0.15, -0.1) is 11.3 Å². The Balaban J connectivity index is 2.17. The highest BCUT2D eigenvalue weighted by molar-refractivity contribution is 7.12. The van der Waals surface area contributed by atoms with Gasteiger partial charge in [0.25, 0.3) is 5.91 Å². The lowest BCUT2D eigenvalue weighted by Crippen LogP contribution is -2.59. The number of nitrogens with two attached hydrogens (primary N) is 1. The van der Waals surface area contributed by atoms with E-state index in [2.05, 4.69) is 17.4 Å². The van der Waals surface area contributed by atoms with Gasteiger partial charge in [-0.1, -0.05) is 12.1 Å². The Morgan fingerprint density at radius 3 is 2.76 bits per heavy atom. The minimum absolute atomic E-state index is 0.0753. The largest absolute Gasteiger partial charge is 0.496 e. The van der Waals surface area contributed by atoms with Crippen LogP contribution in [0.3, 0.4) is 0 Å². The summed E-state index contributed by atoms with van der Waals surface area (Å²) in [5, 5.41) is 16.9. The first-order chi connectivity index (χ1) is 10.0. The number of nitrogens with one attached hydrogen (secondary N) is 1. The standard InChI is InChI=1S/C14H21N3O3S/c1-9-3-5-14(6-4-9,13(15)17-19)16-12(18)11-7-10(20-2)8-21-11/h7-9,19H,3-6H2,1-2H3,(H2,15,17)(H,16,18). The third-order valence-corrected chi connectivity index (χ3v) is 5.02. The molecule has 7 heteroatoms. The van der Waals surface area contributed by atoms with E-state index in [9.17, 15) is 4.79 Å². The Bertz CT molecular complexity index is 533. The van der Waals surface area contributed by atoms with Gasteiger partial charge in [0.2, 0.25) is 0 Å². The number of thiophene rings is 1. The Hall–Kier alpha value is -1.76. The average Bonchev–Trinajstić information content (AvgIpc) is 2.98. The quantitative estimate of drug-likeness (QED) is 0.343. The highest BCUT2D eigenvalue weighted by Gasteiger charge is 2.40. The molecule has 0 bridgehead atoms. The second-order valence-corrected chi connectivity index (χ2v) is 6.47. The van der Waals surface area contributed by atoms with Gasteiger partial charge in [-0.25, -0.2) is 0 Å². The van der Waals surface area contributed by atoms with Gasteiger partial charge in [0.1, 0.15) is 11.3 Å². The van der Waals surface area contributed by atoms with Crippen molar-refractivity contribution in [1.29, 1.82) is 0 Å². The lowest BCUT2D eigenvalue weighted by Gasteiger charge is -2.38. The zero-order chi connectivity index (χ0) is 15.5. The maximum atomic E-state index is 12.4. The van der Waals surface area contributed by atoms with E-state index < -0.39 is 5.54 Å². The van der Waals surface area contributed by atoms with E-state index in [0.717, 1.165) is 12.8 Å². The van der Waals surface area contributed by atoms with Gasteiger partial charge in [-0.3, -0.25) is 4.79 Å². The molecule has 2 rings (SSSR count). The summed E-state index contributed by atoms with van der Waals surface area (Å²) >= 11 is 1.31. The number of hydrogen-bond donors (Lipinski definition) is 3. The molecule has 1 amide bonds. The van der Waals surface area contributed by atoms with Crippen LogP contribution in [0.4, 0.5) is 0 Å². The predicted molar refractivity (Wildman–Crippen MR) is 82.1 cm³/mol. The van der Waals surface area contributed by atoms with Crippen molar-refractivity contribution < 1.29 is 14.7 Å². The average molecular weight is 311 g/mol. The summed E-state index contributed by atoms with van der Waals surface area (Å²) in [4.78, 5) is 13.0. The summed E-state index contributed by atoms with van der Waals surface area (Å²) < 4.78 is 5.08. The van der Waals surface area contributed by atoms with Crippen molar-refractivity contribution in [1.82, 2.24) is 5.32 Å². The smallest absolute Gasteiger partial charge is 0.262 e. The van der Waals surface area contributed by atoms with Crippen LogP contribution in [0.5, 0.6) is 5.75 Å². The summed E-state index contributed by atoms with van der Waals surface area (Å²) in [6.45, 7) is 2.17. The number of nitrogens with zero attached hydrogens (tertiary/aromatic N) is 1. The summed E-state index contributed by atoms with van der Waals surface area (Å²) in [6.07, 6.45) is 3.23. The second-order valence-electron chi connectivity index (χ2n) is 5.55. The number of rotatable bonds is 4. The van der Waals surface area contributed by atoms with Gasteiger partial charge in [0.15, 0.2) is 5.84 Å². The SMILES string of the molecule is COc1csc(C(=O)NC2(C(N)=NO)CCC(C)CC2)c1. The number of amidine groups is 1. The molecule has 1 heterocycles. The molecule has 0 spiro atoms. The third kappa shape index (κ3) is 3.29. The molecule has 0 aliphatic heterocycles. The molecular formula is C14H21N3O3S. The Morgan fingerprint density at radius 1 is 1.57 bits per heavy atom. The van der Waals surface area contributed by atoms with E-state index in [1.165, 1.54) is 11.3 Å². The molecule has 1 aliphatic rings. The van der Waals surface area contributed by atoms with Gasteiger partial charge in [0, 0.05) is 11.4 Å². The minimum Gasteiger partial charge on any atom is -0.496 e. The van der Waals surface area contributed by atoms with Crippen molar-refractivity contribution in [2.75, 3.05) is 7.11 Å². The minimum atomic E-state index is -0.754. The van der Waals surface area contributed by atoms with Crippen LogP contribution in [-0.4, -0.2) is 29.6 Å². The van der Waals surface area contributed by atoms with Crippen molar-refractivity contribution in [2.45, 2.75) is 38.1 Å². The number of amides is 1. The van der Waals surface area contributed by atoms with Crippen LogP contribution >= 0.6 is 11.3 Å². The van der Waals surface area contributed by atoms with Crippen LogP contribution in [0.15, 0.2) is 16.6 Å². The Labute approximate surface area is 128 Å². The van der Waals surface area contributed by atoms with Gasteiger partial charge in [-0.2, -0.15) is 0 Å². The Morgan fingerprint density at radius 2 is 2.24 bits per heavy atom. The molecule has 116 valence electrons. The summed E-state index contributed by atoms with van der Waals surface area (Å²) in [6, 6.07) is 1.69. The van der Waals surface area contributed by atoms with Crippen LogP contribution in [0, 0.1) is 5.92 Å². The van der Waals surface area contributed by atoms with Crippen LogP contribution in [0.1, 0.15) is 42.3 Å². The fraction of sp³-hybridized carbons (Fsp3) is 0.571. The monoisotopic (exact) mass is 311 g/mol. The molecule has 0 aromatic carbocycles. The molecule has 1 aromatic rings. The third-order valence-electron chi connectivity index (χ3n) is 4.11.